The van der Waals surface area contributed by atoms with Crippen LogP contribution in [0.5, 0.6) is 0 Å². The number of nitrogens with zero attached hydrogens (tertiary/aromatic N) is 1. The van der Waals surface area contributed by atoms with Crippen molar-refractivity contribution in [2.75, 3.05) is 33.2 Å². The largest absolute Gasteiger partial charge is 0.352 e. The fraction of sp³-hybridized carbons (Fsp3) is 0.500. The SMILES string of the molecule is CN1CCC(CNC(=O)c2csc(C#CCN)c2)C1. The molecule has 3 N–H and O–H groups in total. The van der Waals surface area contributed by atoms with Crippen molar-refractivity contribution in [1.29, 1.82) is 0 Å². The zero-order chi connectivity index (χ0) is 13.7. The second kappa shape index (κ2) is 6.71. The molecule has 2 heterocycles. The van der Waals surface area contributed by atoms with E-state index in [1.165, 1.54) is 11.3 Å². The van der Waals surface area contributed by atoms with Crippen LogP contribution in [0.15, 0.2) is 11.4 Å². The van der Waals surface area contributed by atoms with E-state index in [-0.39, 0.29) is 5.91 Å². The van der Waals surface area contributed by atoms with E-state index >= 15 is 0 Å². The lowest BCUT2D eigenvalue weighted by atomic mass is 10.1. The highest BCUT2D eigenvalue weighted by atomic mass is 32.1. The third-order valence-electron chi connectivity index (χ3n) is 3.22. The Morgan fingerprint density at radius 1 is 1.68 bits per heavy atom. The fourth-order valence-corrected chi connectivity index (χ4v) is 2.95. The van der Waals surface area contributed by atoms with Crippen LogP contribution >= 0.6 is 11.3 Å². The van der Waals surface area contributed by atoms with Gasteiger partial charge in [0.15, 0.2) is 0 Å². The smallest absolute Gasteiger partial charge is 0.252 e. The average Bonchev–Trinajstić information content (AvgIpc) is 3.02. The number of hydrogen-bond acceptors (Lipinski definition) is 4. The maximum atomic E-state index is 12.0. The number of likely N-dealkylation sites (tertiary alicyclic amines) is 1. The van der Waals surface area contributed by atoms with Crippen LogP contribution in [0.25, 0.3) is 0 Å². The van der Waals surface area contributed by atoms with Crippen LogP contribution in [0, 0.1) is 17.8 Å². The minimum atomic E-state index is -0.00778. The molecule has 1 saturated heterocycles. The van der Waals surface area contributed by atoms with Gasteiger partial charge in [0.2, 0.25) is 0 Å². The molecular weight excluding hydrogens is 258 g/mol. The summed E-state index contributed by atoms with van der Waals surface area (Å²) in [6.07, 6.45) is 1.16. The Hall–Kier alpha value is -1.35. The number of nitrogens with one attached hydrogen (secondary N) is 1. The molecule has 0 spiro atoms. The van der Waals surface area contributed by atoms with Crippen LogP contribution < -0.4 is 11.1 Å². The Kier molecular flexibility index (Phi) is 4.97. The molecule has 19 heavy (non-hydrogen) atoms. The van der Waals surface area contributed by atoms with Crippen molar-refractivity contribution in [3.8, 4) is 11.8 Å². The molecule has 1 aliphatic heterocycles. The third-order valence-corrected chi connectivity index (χ3v) is 4.06. The fourth-order valence-electron chi connectivity index (χ4n) is 2.19. The van der Waals surface area contributed by atoms with E-state index in [9.17, 15) is 4.79 Å². The standard InChI is InChI=1S/C14H19N3OS/c1-17-6-4-11(9-17)8-16-14(18)12-7-13(19-10-12)3-2-5-15/h7,10-11H,4-6,8-9,15H2,1H3,(H,16,18). The normalized spacial score (nSPS) is 18.9. The third kappa shape index (κ3) is 4.06. The summed E-state index contributed by atoms with van der Waals surface area (Å²) in [6, 6.07) is 1.82. The van der Waals surface area contributed by atoms with Crippen LogP contribution in [-0.2, 0) is 0 Å². The maximum Gasteiger partial charge on any atom is 0.252 e. The predicted octanol–water partition coefficient (Wildman–Crippen LogP) is 0.740. The number of rotatable bonds is 3. The van der Waals surface area contributed by atoms with Gasteiger partial charge in [-0.05, 0) is 32.0 Å². The first kappa shape index (κ1) is 14.1. The first-order chi connectivity index (χ1) is 9.19. The second-order valence-electron chi connectivity index (χ2n) is 4.83. The molecule has 2 rings (SSSR count). The molecule has 1 fully saturated rings. The van der Waals surface area contributed by atoms with Gasteiger partial charge < -0.3 is 16.0 Å². The highest BCUT2D eigenvalue weighted by Gasteiger charge is 2.20. The molecule has 1 atom stereocenters. The van der Waals surface area contributed by atoms with Crippen molar-refractivity contribution in [3.05, 3.63) is 21.9 Å². The lowest BCUT2D eigenvalue weighted by molar-refractivity contribution is 0.0948. The molecule has 1 aromatic rings. The van der Waals surface area contributed by atoms with E-state index < -0.39 is 0 Å². The minimum Gasteiger partial charge on any atom is -0.352 e. The van der Waals surface area contributed by atoms with Crippen molar-refractivity contribution in [3.63, 3.8) is 0 Å². The minimum absolute atomic E-state index is 0.00778. The summed E-state index contributed by atoms with van der Waals surface area (Å²) in [5.41, 5.74) is 6.01. The molecule has 0 saturated carbocycles. The predicted molar refractivity (Wildman–Crippen MR) is 78.2 cm³/mol. The van der Waals surface area contributed by atoms with Gasteiger partial charge in [0.1, 0.15) is 0 Å². The number of thiophene rings is 1. The van der Waals surface area contributed by atoms with Crippen LogP contribution in [0.1, 0.15) is 21.7 Å². The summed E-state index contributed by atoms with van der Waals surface area (Å²) in [5, 5.41) is 4.84. The number of carbonyl (C=O) groups is 1. The Labute approximate surface area is 118 Å². The van der Waals surface area contributed by atoms with Gasteiger partial charge in [-0.1, -0.05) is 11.8 Å². The highest BCUT2D eigenvalue weighted by Crippen LogP contribution is 2.15. The van der Waals surface area contributed by atoms with Crippen molar-refractivity contribution in [1.82, 2.24) is 10.2 Å². The van der Waals surface area contributed by atoms with Crippen LogP contribution in [-0.4, -0.2) is 44.0 Å². The molecule has 0 aliphatic carbocycles. The molecule has 0 aromatic carbocycles. The molecular formula is C14H19N3OS. The number of hydrogen-bond donors (Lipinski definition) is 2. The monoisotopic (exact) mass is 277 g/mol. The summed E-state index contributed by atoms with van der Waals surface area (Å²) in [4.78, 5) is 15.2. The molecule has 5 heteroatoms. The number of amides is 1. The molecule has 0 bridgehead atoms. The zero-order valence-electron chi connectivity index (χ0n) is 11.1. The topological polar surface area (TPSA) is 58.4 Å². The van der Waals surface area contributed by atoms with Gasteiger partial charge in [0.25, 0.3) is 5.91 Å². The summed E-state index contributed by atoms with van der Waals surface area (Å²) >= 11 is 1.48. The van der Waals surface area contributed by atoms with E-state index in [1.54, 1.807) is 0 Å². The quantitative estimate of drug-likeness (QED) is 0.801. The Bertz CT molecular complexity index is 500. The Morgan fingerprint density at radius 2 is 2.53 bits per heavy atom. The van der Waals surface area contributed by atoms with Gasteiger partial charge in [-0.25, -0.2) is 0 Å². The van der Waals surface area contributed by atoms with Gasteiger partial charge in [0, 0.05) is 18.5 Å². The van der Waals surface area contributed by atoms with Crippen LogP contribution in [0.4, 0.5) is 0 Å². The highest BCUT2D eigenvalue weighted by molar-refractivity contribution is 7.10. The molecule has 4 nitrogen and oxygen atoms in total. The zero-order valence-corrected chi connectivity index (χ0v) is 11.9. The van der Waals surface area contributed by atoms with Gasteiger partial charge in [-0.3, -0.25) is 4.79 Å². The van der Waals surface area contributed by atoms with E-state index in [0.29, 0.717) is 18.0 Å². The average molecular weight is 277 g/mol. The van der Waals surface area contributed by atoms with Gasteiger partial charge in [-0.2, -0.15) is 0 Å². The van der Waals surface area contributed by atoms with Gasteiger partial charge >= 0.3 is 0 Å². The van der Waals surface area contributed by atoms with E-state index in [1.807, 2.05) is 11.4 Å². The van der Waals surface area contributed by atoms with E-state index in [2.05, 4.69) is 29.1 Å². The van der Waals surface area contributed by atoms with Gasteiger partial charge in [-0.15, -0.1) is 11.3 Å². The van der Waals surface area contributed by atoms with Crippen LogP contribution in [0.2, 0.25) is 0 Å². The molecule has 102 valence electrons. The maximum absolute atomic E-state index is 12.0. The summed E-state index contributed by atoms with van der Waals surface area (Å²) < 4.78 is 0. The first-order valence-corrected chi connectivity index (χ1v) is 7.31. The van der Waals surface area contributed by atoms with Crippen molar-refractivity contribution in [2.24, 2.45) is 11.7 Å². The Balaban J connectivity index is 1.84. The first-order valence-electron chi connectivity index (χ1n) is 6.43. The van der Waals surface area contributed by atoms with E-state index in [0.717, 1.165) is 30.9 Å². The summed E-state index contributed by atoms with van der Waals surface area (Å²) in [6.45, 7) is 3.28. The summed E-state index contributed by atoms with van der Waals surface area (Å²) in [7, 11) is 2.11. The molecule has 1 aliphatic rings. The molecule has 0 radical (unpaired) electrons. The van der Waals surface area contributed by atoms with E-state index in [4.69, 9.17) is 5.73 Å². The summed E-state index contributed by atoms with van der Waals surface area (Å²) in [5.74, 6) is 6.29. The second-order valence-corrected chi connectivity index (χ2v) is 5.74. The van der Waals surface area contributed by atoms with Gasteiger partial charge in [0.05, 0.1) is 17.0 Å². The van der Waals surface area contributed by atoms with Crippen molar-refractivity contribution in [2.45, 2.75) is 6.42 Å². The lowest BCUT2D eigenvalue weighted by Crippen LogP contribution is -2.30. The number of carbonyl (C=O) groups excluding carboxylic acids is 1. The lowest BCUT2D eigenvalue weighted by Gasteiger charge is -2.11. The Morgan fingerprint density at radius 3 is 3.21 bits per heavy atom. The number of nitrogens with two attached hydrogens (primary N) is 1. The molecule has 1 unspecified atom stereocenters. The molecule has 1 amide bonds. The van der Waals surface area contributed by atoms with Crippen LogP contribution in [0.3, 0.4) is 0 Å². The van der Waals surface area contributed by atoms with Crippen molar-refractivity contribution < 1.29 is 4.79 Å². The molecule has 1 aromatic heterocycles. The van der Waals surface area contributed by atoms with Crippen molar-refractivity contribution >= 4 is 17.2 Å².